The van der Waals surface area contributed by atoms with E-state index < -0.39 is 9.84 Å². The zero-order chi connectivity index (χ0) is 23.5. The first kappa shape index (κ1) is 33.2. The molecule has 0 N–H and O–H groups in total. The molecule has 36 heavy (non-hydrogen) atoms. The predicted octanol–water partition coefficient (Wildman–Crippen LogP) is 0.491. The third-order valence-corrected chi connectivity index (χ3v) is 6.54. The maximum absolute atomic E-state index is 12.6. The minimum atomic E-state index is -3.51. The predicted molar refractivity (Wildman–Crippen MR) is 142 cm³/mol. The number of allylic oxidation sites excluding steroid dienone is 13. The van der Waals surface area contributed by atoms with Gasteiger partial charge < -0.3 is 9.41 Å². The molecule has 0 saturated carbocycles. The minimum absolute atomic E-state index is 0. The van der Waals surface area contributed by atoms with Crippen LogP contribution in [0.5, 0.6) is 0 Å². The second-order valence-electron chi connectivity index (χ2n) is 7.37. The van der Waals surface area contributed by atoms with Gasteiger partial charge >= 0.3 is 26.2 Å². The SMILES string of the molecule is CC1=CC=C=C[CH]1.CC1=CC=C=C[CH]1.O=S(=O)(C1=C=CC2=CC=CC=C[C]12)c1ccccc1.[Bi+2].[F-].[F-]. The summed E-state index contributed by atoms with van der Waals surface area (Å²) in [7, 11) is -3.51. The molecular formula is C30H25BiF2O2S. The largest absolute Gasteiger partial charge is 2.00 e. The van der Waals surface area contributed by atoms with Gasteiger partial charge in [0.15, 0.2) is 0 Å². The Morgan fingerprint density at radius 3 is 1.78 bits per heavy atom. The van der Waals surface area contributed by atoms with Gasteiger partial charge in [0.25, 0.3) is 0 Å². The summed E-state index contributed by atoms with van der Waals surface area (Å²) in [6, 6.07) is 8.44. The molecule has 0 atom stereocenters. The molecule has 0 fully saturated rings. The molecule has 6 heteroatoms. The number of hydrogen-bond donors (Lipinski definition) is 0. The molecule has 1 aromatic rings. The molecule has 0 bridgehead atoms. The summed E-state index contributed by atoms with van der Waals surface area (Å²) in [6.45, 7) is 4.13. The zero-order valence-corrected chi connectivity index (χ0v) is 24.2. The second kappa shape index (κ2) is 16.8. The van der Waals surface area contributed by atoms with Gasteiger partial charge in [-0.2, -0.15) is 0 Å². The van der Waals surface area contributed by atoms with Gasteiger partial charge in [-0.15, -0.1) is 17.2 Å². The van der Waals surface area contributed by atoms with Crippen molar-refractivity contribution in [2.75, 3.05) is 0 Å². The Morgan fingerprint density at radius 1 is 0.722 bits per heavy atom. The number of rotatable bonds is 2. The average Bonchev–Trinajstić information content (AvgIpc) is 3.11. The summed E-state index contributed by atoms with van der Waals surface area (Å²) in [5.41, 5.74) is 12.2. The summed E-state index contributed by atoms with van der Waals surface area (Å²) >= 11 is 0. The molecule has 0 aromatic heterocycles. The van der Waals surface area contributed by atoms with Gasteiger partial charge in [0, 0.05) is 12.8 Å². The zero-order valence-electron chi connectivity index (χ0n) is 19.9. The van der Waals surface area contributed by atoms with Gasteiger partial charge in [-0.05, 0) is 61.9 Å². The third-order valence-electron chi connectivity index (χ3n) is 4.77. The molecule has 0 saturated heterocycles. The summed E-state index contributed by atoms with van der Waals surface area (Å²) in [4.78, 5) is 0.537. The summed E-state index contributed by atoms with van der Waals surface area (Å²) in [5, 5.41) is 0. The monoisotopic (exact) mass is 696 g/mol. The Bertz CT molecular complexity index is 1300. The summed E-state index contributed by atoms with van der Waals surface area (Å²) in [5.74, 6) is 0.703. The number of benzene rings is 1. The van der Waals surface area contributed by atoms with Crippen molar-refractivity contribution in [1.29, 1.82) is 0 Å². The van der Waals surface area contributed by atoms with Crippen LogP contribution in [0.25, 0.3) is 0 Å². The smallest absolute Gasteiger partial charge is 1.00 e. The number of halogens is 2. The van der Waals surface area contributed by atoms with Gasteiger partial charge in [0.1, 0.15) is 4.91 Å². The fraction of sp³-hybridized carbons (Fsp3) is 0.0667. The Kier molecular flexibility index (Phi) is 15.5. The molecule has 0 heterocycles. The van der Waals surface area contributed by atoms with Gasteiger partial charge in [-0.1, -0.05) is 71.9 Å². The fourth-order valence-electron chi connectivity index (χ4n) is 3.00. The van der Waals surface area contributed by atoms with Gasteiger partial charge in [-0.25, -0.2) is 8.42 Å². The van der Waals surface area contributed by atoms with Crippen molar-refractivity contribution >= 4 is 36.0 Å². The van der Waals surface area contributed by atoms with Crippen molar-refractivity contribution < 1.29 is 17.8 Å². The van der Waals surface area contributed by atoms with Crippen molar-refractivity contribution in [2.45, 2.75) is 18.7 Å². The van der Waals surface area contributed by atoms with E-state index in [1.54, 1.807) is 36.4 Å². The van der Waals surface area contributed by atoms with Crippen LogP contribution in [0.15, 0.2) is 147 Å². The number of sulfone groups is 1. The molecule has 5 rings (SSSR count). The normalized spacial score (nSPS) is 16.1. The van der Waals surface area contributed by atoms with E-state index in [0.29, 0.717) is 10.8 Å². The van der Waals surface area contributed by atoms with Crippen molar-refractivity contribution in [1.82, 2.24) is 0 Å². The molecule has 4 aliphatic carbocycles. The van der Waals surface area contributed by atoms with E-state index in [0.717, 1.165) is 5.57 Å². The van der Waals surface area contributed by atoms with E-state index in [2.05, 4.69) is 31.0 Å². The Labute approximate surface area is 232 Å². The number of fused-ring (bicyclic) bond motifs is 1. The van der Waals surface area contributed by atoms with Crippen LogP contribution in [0, 0.1) is 18.8 Å². The van der Waals surface area contributed by atoms with Crippen LogP contribution in [0.3, 0.4) is 0 Å². The van der Waals surface area contributed by atoms with Crippen LogP contribution < -0.4 is 9.41 Å². The molecule has 0 spiro atoms. The molecule has 182 valence electrons. The Balaban J connectivity index is 0.000000601. The van der Waals surface area contributed by atoms with Crippen molar-refractivity contribution in [3.05, 3.63) is 161 Å². The summed E-state index contributed by atoms with van der Waals surface area (Å²) < 4.78 is 25.2. The molecule has 0 unspecified atom stereocenters. The van der Waals surface area contributed by atoms with E-state index >= 15 is 0 Å². The maximum Gasteiger partial charge on any atom is 2.00 e. The van der Waals surface area contributed by atoms with Crippen LogP contribution >= 0.6 is 0 Å². The van der Waals surface area contributed by atoms with Crippen molar-refractivity contribution in [3.63, 3.8) is 0 Å². The van der Waals surface area contributed by atoms with Gasteiger partial charge in [0.2, 0.25) is 9.84 Å². The van der Waals surface area contributed by atoms with Gasteiger partial charge in [0.05, 0.1) is 10.8 Å². The maximum atomic E-state index is 12.6. The van der Waals surface area contributed by atoms with Crippen LogP contribution in [-0.2, 0) is 9.84 Å². The third kappa shape index (κ3) is 9.67. The first-order valence-corrected chi connectivity index (χ1v) is 12.0. The molecule has 1 aromatic carbocycles. The molecule has 2 nitrogen and oxygen atoms in total. The Hall–Kier alpha value is -2.83. The van der Waals surface area contributed by atoms with Crippen molar-refractivity contribution in [2.24, 2.45) is 0 Å². The minimum Gasteiger partial charge on any atom is -1.00 e. The van der Waals surface area contributed by atoms with Gasteiger partial charge in [-0.3, -0.25) is 0 Å². The van der Waals surface area contributed by atoms with E-state index in [4.69, 9.17) is 0 Å². The van der Waals surface area contributed by atoms with E-state index in [1.807, 2.05) is 79.7 Å². The molecule has 0 aliphatic heterocycles. The van der Waals surface area contributed by atoms with Crippen LogP contribution in [0.1, 0.15) is 13.8 Å². The molecule has 4 aliphatic rings. The Morgan fingerprint density at radius 2 is 1.31 bits per heavy atom. The van der Waals surface area contributed by atoms with Crippen LogP contribution in [0.4, 0.5) is 0 Å². The molecular weight excluding hydrogens is 671 g/mol. The van der Waals surface area contributed by atoms with Crippen LogP contribution in [0.2, 0.25) is 0 Å². The van der Waals surface area contributed by atoms with Crippen LogP contribution in [-0.4, -0.2) is 34.6 Å². The first-order valence-electron chi connectivity index (χ1n) is 10.5. The topological polar surface area (TPSA) is 34.1 Å². The molecule has 6 radical (unpaired) electrons. The average molecular weight is 697 g/mol. The fourth-order valence-corrected chi connectivity index (χ4v) is 4.44. The number of hydrogen-bond acceptors (Lipinski definition) is 2. The van der Waals surface area contributed by atoms with E-state index in [-0.39, 0.29) is 40.5 Å². The standard InChI is InChI=1S/C16H11O2S.2C7H7.Bi.2FH/c17-19(18,14-8-4-2-5-9-14)16-12-11-13-7-3-1-6-10-15(13)16;2*1-7-5-3-2-4-6-7;;;/h1-11H;2*3-6H,1H3;;2*1H/q;;;+2;;/p-2. The van der Waals surface area contributed by atoms with E-state index in [1.165, 1.54) is 11.1 Å². The van der Waals surface area contributed by atoms with Crippen molar-refractivity contribution in [3.8, 4) is 0 Å². The first-order chi connectivity index (χ1) is 16.0. The molecule has 0 amide bonds. The van der Waals surface area contributed by atoms with E-state index in [9.17, 15) is 8.42 Å². The summed E-state index contributed by atoms with van der Waals surface area (Å²) in [6.07, 6.45) is 26.8. The second-order valence-corrected chi connectivity index (χ2v) is 9.26. The quantitative estimate of drug-likeness (QED) is 0.334.